The Balaban J connectivity index is 1.37. The van der Waals surface area contributed by atoms with E-state index >= 15 is 0 Å². The van der Waals surface area contributed by atoms with Gasteiger partial charge in [-0.15, -0.1) is 0 Å². The molecule has 1 saturated heterocycles. The molecule has 198 valence electrons. The molecule has 8 nitrogen and oxygen atoms in total. The van der Waals surface area contributed by atoms with Gasteiger partial charge in [0.1, 0.15) is 12.4 Å². The summed E-state index contributed by atoms with van der Waals surface area (Å²) >= 11 is 0. The standard InChI is InChI=1S/C29H33FN6O2/c1-18-28-26(34-29(31)33-18)14-22(24-6-5-23(30)16-25(24)21-4-3-10-32-17-21)15-27(28)35-38-13-9-20-7-11-36(12-8-20)19(2)37/h3-6,10,16-17,20,22H,7-9,11-15H2,1-2H3,(H2,31,33,34). The number of aromatic nitrogens is 3. The number of amides is 1. The van der Waals surface area contributed by atoms with Gasteiger partial charge >= 0.3 is 0 Å². The van der Waals surface area contributed by atoms with Crippen LogP contribution in [-0.2, 0) is 16.1 Å². The monoisotopic (exact) mass is 516 g/mol. The number of pyridine rings is 1. The Hall–Kier alpha value is -3.88. The van der Waals surface area contributed by atoms with Gasteiger partial charge in [-0.2, -0.15) is 0 Å². The van der Waals surface area contributed by atoms with Crippen molar-refractivity contribution in [3.63, 3.8) is 0 Å². The number of nitrogens with two attached hydrogens (primary N) is 1. The van der Waals surface area contributed by atoms with Gasteiger partial charge in [-0.05, 0) is 73.8 Å². The summed E-state index contributed by atoms with van der Waals surface area (Å²) in [5, 5.41) is 4.58. The number of nitrogen functional groups attached to an aromatic ring is 1. The molecule has 1 fully saturated rings. The number of nitrogens with zero attached hydrogens (tertiary/aromatic N) is 5. The van der Waals surface area contributed by atoms with Crippen LogP contribution in [0.5, 0.6) is 0 Å². The van der Waals surface area contributed by atoms with Crippen molar-refractivity contribution in [2.45, 2.75) is 51.9 Å². The van der Waals surface area contributed by atoms with Gasteiger partial charge in [-0.25, -0.2) is 14.4 Å². The van der Waals surface area contributed by atoms with E-state index in [0.29, 0.717) is 25.4 Å². The summed E-state index contributed by atoms with van der Waals surface area (Å²) in [4.78, 5) is 32.5. The smallest absolute Gasteiger partial charge is 0.220 e. The quantitative estimate of drug-likeness (QED) is 0.377. The molecule has 2 aromatic heterocycles. The normalized spacial score (nSPS) is 18.9. The third-order valence-electron chi connectivity index (χ3n) is 7.63. The first-order valence-corrected chi connectivity index (χ1v) is 13.2. The van der Waals surface area contributed by atoms with Crippen molar-refractivity contribution in [1.82, 2.24) is 19.9 Å². The lowest BCUT2D eigenvalue weighted by Gasteiger charge is -2.31. The molecule has 1 aliphatic heterocycles. The van der Waals surface area contributed by atoms with Crippen molar-refractivity contribution in [1.29, 1.82) is 0 Å². The lowest BCUT2D eigenvalue weighted by atomic mass is 9.78. The van der Waals surface area contributed by atoms with E-state index in [1.807, 2.05) is 30.0 Å². The average molecular weight is 517 g/mol. The molecule has 0 bridgehead atoms. The second kappa shape index (κ2) is 11.2. The molecule has 0 saturated carbocycles. The molecule has 2 N–H and O–H groups in total. The van der Waals surface area contributed by atoms with Gasteiger partial charge in [-0.3, -0.25) is 9.78 Å². The van der Waals surface area contributed by atoms with Crippen molar-refractivity contribution in [3.05, 3.63) is 71.1 Å². The number of carbonyl (C=O) groups excluding carboxylic acids is 1. The molecule has 1 aliphatic carbocycles. The maximum Gasteiger partial charge on any atom is 0.220 e. The van der Waals surface area contributed by atoms with Gasteiger partial charge in [0.05, 0.1) is 17.1 Å². The van der Waals surface area contributed by atoms with E-state index in [1.54, 1.807) is 25.4 Å². The number of anilines is 1. The van der Waals surface area contributed by atoms with E-state index in [2.05, 4.69) is 20.1 Å². The third kappa shape index (κ3) is 5.66. The van der Waals surface area contributed by atoms with Crippen LogP contribution in [0.15, 0.2) is 47.9 Å². The molecule has 3 aromatic rings. The number of oxime groups is 1. The zero-order valence-corrected chi connectivity index (χ0v) is 21.9. The number of piperidine rings is 1. The minimum Gasteiger partial charge on any atom is -0.396 e. The van der Waals surface area contributed by atoms with Crippen molar-refractivity contribution >= 4 is 17.6 Å². The first-order valence-electron chi connectivity index (χ1n) is 13.2. The Labute approximate surface area is 222 Å². The second-order valence-corrected chi connectivity index (χ2v) is 10.2. The van der Waals surface area contributed by atoms with Crippen LogP contribution in [0.25, 0.3) is 11.1 Å². The molecular weight excluding hydrogens is 483 g/mol. The zero-order valence-electron chi connectivity index (χ0n) is 21.9. The van der Waals surface area contributed by atoms with Gasteiger partial charge in [0.2, 0.25) is 11.9 Å². The molecule has 0 spiro atoms. The van der Waals surface area contributed by atoms with Gasteiger partial charge in [0, 0.05) is 50.0 Å². The molecule has 2 aliphatic rings. The fourth-order valence-corrected chi connectivity index (χ4v) is 5.66. The van der Waals surface area contributed by atoms with Crippen molar-refractivity contribution in [2.24, 2.45) is 11.1 Å². The highest BCUT2D eigenvalue weighted by Crippen LogP contribution is 2.38. The zero-order chi connectivity index (χ0) is 26.6. The summed E-state index contributed by atoms with van der Waals surface area (Å²) in [5.41, 5.74) is 11.9. The number of hydrogen-bond acceptors (Lipinski definition) is 7. The number of likely N-dealkylation sites (tertiary alicyclic amines) is 1. The lowest BCUT2D eigenvalue weighted by Crippen LogP contribution is -2.37. The second-order valence-electron chi connectivity index (χ2n) is 10.2. The Kier molecular flexibility index (Phi) is 7.62. The summed E-state index contributed by atoms with van der Waals surface area (Å²) < 4.78 is 14.3. The highest BCUT2D eigenvalue weighted by atomic mass is 19.1. The Morgan fingerprint density at radius 1 is 1.21 bits per heavy atom. The van der Waals surface area contributed by atoms with Crippen molar-refractivity contribution in [3.8, 4) is 11.1 Å². The number of carbonyl (C=O) groups is 1. The predicted octanol–water partition coefficient (Wildman–Crippen LogP) is 4.67. The van der Waals surface area contributed by atoms with E-state index < -0.39 is 0 Å². The van der Waals surface area contributed by atoms with Crippen molar-refractivity contribution < 1.29 is 14.0 Å². The molecule has 38 heavy (non-hydrogen) atoms. The maximum absolute atomic E-state index is 14.3. The molecule has 1 atom stereocenters. The third-order valence-corrected chi connectivity index (χ3v) is 7.63. The summed E-state index contributed by atoms with van der Waals surface area (Å²) in [6, 6.07) is 8.69. The Morgan fingerprint density at radius 2 is 2.03 bits per heavy atom. The number of fused-ring (bicyclic) bond motifs is 1. The van der Waals surface area contributed by atoms with Crippen LogP contribution in [0.4, 0.5) is 10.3 Å². The highest BCUT2D eigenvalue weighted by Gasteiger charge is 2.31. The number of hydrogen-bond donors (Lipinski definition) is 1. The molecule has 3 heterocycles. The van der Waals surface area contributed by atoms with Crippen LogP contribution in [0.3, 0.4) is 0 Å². The minimum absolute atomic E-state index is 0.00487. The van der Waals surface area contributed by atoms with Crippen molar-refractivity contribution in [2.75, 3.05) is 25.4 Å². The molecule has 1 aromatic carbocycles. The number of benzene rings is 1. The van der Waals surface area contributed by atoms with E-state index in [1.165, 1.54) is 6.07 Å². The maximum atomic E-state index is 14.3. The van der Waals surface area contributed by atoms with Gasteiger partial charge in [-0.1, -0.05) is 17.3 Å². The fourth-order valence-electron chi connectivity index (χ4n) is 5.66. The van der Waals surface area contributed by atoms with E-state index in [0.717, 1.165) is 71.7 Å². The summed E-state index contributed by atoms with van der Waals surface area (Å²) in [7, 11) is 0. The summed E-state index contributed by atoms with van der Waals surface area (Å²) in [6.45, 7) is 5.64. The van der Waals surface area contributed by atoms with Crippen LogP contribution in [-0.4, -0.2) is 51.2 Å². The predicted molar refractivity (Wildman–Crippen MR) is 144 cm³/mol. The van der Waals surface area contributed by atoms with Crippen LogP contribution < -0.4 is 5.73 Å². The number of halogens is 1. The highest BCUT2D eigenvalue weighted by molar-refractivity contribution is 6.03. The SMILES string of the molecule is CC(=O)N1CCC(CCON=C2CC(c3ccc(F)cc3-c3cccnc3)Cc3nc(N)nc(C)c32)CC1. The van der Waals surface area contributed by atoms with Crippen LogP contribution in [0, 0.1) is 18.7 Å². The number of aryl methyl sites for hydroxylation is 1. The van der Waals surface area contributed by atoms with E-state index in [4.69, 9.17) is 10.6 Å². The molecule has 1 unspecified atom stereocenters. The molecular formula is C29H33FN6O2. The first-order chi connectivity index (χ1) is 18.4. The largest absolute Gasteiger partial charge is 0.396 e. The topological polar surface area (TPSA) is 107 Å². The van der Waals surface area contributed by atoms with E-state index in [-0.39, 0.29) is 23.6 Å². The van der Waals surface area contributed by atoms with Crippen LogP contribution in [0.2, 0.25) is 0 Å². The van der Waals surface area contributed by atoms with Gasteiger partial charge in [0.15, 0.2) is 0 Å². The average Bonchev–Trinajstić information content (AvgIpc) is 2.91. The van der Waals surface area contributed by atoms with Gasteiger partial charge < -0.3 is 15.5 Å². The lowest BCUT2D eigenvalue weighted by molar-refractivity contribution is -0.130. The summed E-state index contributed by atoms with van der Waals surface area (Å²) in [6.07, 6.45) is 7.55. The number of rotatable bonds is 6. The van der Waals surface area contributed by atoms with Crippen LogP contribution >= 0.6 is 0 Å². The minimum atomic E-state index is -0.294. The Bertz CT molecular complexity index is 1340. The fraction of sp³-hybridized carbons (Fsp3) is 0.414. The Morgan fingerprint density at radius 3 is 2.76 bits per heavy atom. The van der Waals surface area contributed by atoms with Gasteiger partial charge in [0.25, 0.3) is 0 Å². The first kappa shape index (κ1) is 25.8. The molecule has 0 radical (unpaired) electrons. The van der Waals surface area contributed by atoms with E-state index in [9.17, 15) is 9.18 Å². The molecule has 5 rings (SSSR count). The summed E-state index contributed by atoms with van der Waals surface area (Å²) in [5.74, 6) is 0.597. The molecule has 1 amide bonds. The molecule has 9 heteroatoms. The van der Waals surface area contributed by atoms with Crippen LogP contribution in [0.1, 0.15) is 61.0 Å².